The molecule has 0 amide bonds. The molecular weight excluding hydrogens is 386 g/mol. The molecule has 0 saturated carbocycles. The summed E-state index contributed by atoms with van der Waals surface area (Å²) in [6, 6.07) is 6.36. The minimum absolute atomic E-state index is 0.0329. The van der Waals surface area contributed by atoms with E-state index < -0.39 is 12.0 Å². The van der Waals surface area contributed by atoms with Gasteiger partial charge in [-0.1, -0.05) is 6.07 Å². The van der Waals surface area contributed by atoms with Crippen LogP contribution in [0.4, 0.5) is 23.0 Å². The number of anilines is 4. The molecule has 1 aliphatic heterocycles. The zero-order valence-corrected chi connectivity index (χ0v) is 16.5. The molecule has 0 aliphatic carbocycles. The van der Waals surface area contributed by atoms with Crippen LogP contribution < -0.4 is 27.0 Å². The maximum Gasteiger partial charge on any atom is 0.339 e. The Morgan fingerprint density at radius 1 is 1.33 bits per heavy atom. The first-order valence-electron chi connectivity index (χ1n) is 8.70. The summed E-state index contributed by atoms with van der Waals surface area (Å²) in [4.78, 5) is 22.8. The topological polar surface area (TPSA) is 178 Å². The summed E-state index contributed by atoms with van der Waals surface area (Å²) in [6.45, 7) is 0. The number of nitrogen functional groups attached to an aromatic ring is 2. The second-order valence-electron chi connectivity index (χ2n) is 6.56. The van der Waals surface area contributed by atoms with Crippen molar-refractivity contribution >= 4 is 34.9 Å². The Morgan fingerprint density at radius 2 is 2.07 bits per heavy atom. The normalized spacial score (nSPS) is 14.3. The third kappa shape index (κ3) is 3.36. The van der Waals surface area contributed by atoms with Gasteiger partial charge in [-0.3, -0.25) is 5.32 Å². The van der Waals surface area contributed by atoms with E-state index in [1.165, 1.54) is 7.11 Å². The van der Waals surface area contributed by atoms with E-state index in [1.54, 1.807) is 43.4 Å². The largest absolute Gasteiger partial charge is 0.465 e. The Hall–Kier alpha value is -4.51. The zero-order valence-electron chi connectivity index (χ0n) is 16.5. The van der Waals surface area contributed by atoms with E-state index in [-0.39, 0.29) is 28.8 Å². The number of aliphatic imine (C=N–C) groups is 1. The van der Waals surface area contributed by atoms with E-state index in [1.807, 2.05) is 6.07 Å². The van der Waals surface area contributed by atoms with Crippen molar-refractivity contribution in [3.63, 3.8) is 0 Å². The summed E-state index contributed by atoms with van der Waals surface area (Å²) in [5.74, 6) is -0.174. The molecule has 1 unspecified atom stereocenters. The van der Waals surface area contributed by atoms with Crippen molar-refractivity contribution in [3.8, 4) is 12.3 Å². The summed E-state index contributed by atoms with van der Waals surface area (Å²) < 4.78 is 4.91. The summed E-state index contributed by atoms with van der Waals surface area (Å²) in [6.07, 6.45) is 1.79. The smallest absolute Gasteiger partial charge is 0.339 e. The van der Waals surface area contributed by atoms with Crippen LogP contribution in [-0.2, 0) is 4.74 Å². The molecule has 0 saturated heterocycles. The molecule has 1 atom stereocenters. The first-order valence-corrected chi connectivity index (χ1v) is 8.70. The Labute approximate surface area is 172 Å². The van der Waals surface area contributed by atoms with Crippen molar-refractivity contribution < 1.29 is 9.53 Å². The predicted octanol–water partition coefficient (Wildman–Crippen LogP) is 0.912. The van der Waals surface area contributed by atoms with Crippen LogP contribution in [0, 0.1) is 22.8 Å². The van der Waals surface area contributed by atoms with E-state index in [0.717, 1.165) is 0 Å². The SMILES string of the molecule is COC(=O)c1cc(C2N=C(NC#N)Nc3nc(N)c(C#N)c(N)c32)ccc1N(C)C. The van der Waals surface area contributed by atoms with E-state index in [0.29, 0.717) is 22.4 Å². The van der Waals surface area contributed by atoms with Crippen molar-refractivity contribution in [1.82, 2.24) is 10.3 Å². The Balaban J connectivity index is 2.26. The van der Waals surface area contributed by atoms with Crippen molar-refractivity contribution in [1.29, 1.82) is 10.5 Å². The molecule has 11 heteroatoms. The van der Waals surface area contributed by atoms with Crippen molar-refractivity contribution in [3.05, 3.63) is 40.5 Å². The number of fused-ring (bicyclic) bond motifs is 1. The van der Waals surface area contributed by atoms with Gasteiger partial charge in [0.15, 0.2) is 6.19 Å². The van der Waals surface area contributed by atoms with Crippen LogP contribution in [-0.4, -0.2) is 38.1 Å². The van der Waals surface area contributed by atoms with Crippen molar-refractivity contribution in [2.45, 2.75) is 6.04 Å². The van der Waals surface area contributed by atoms with Gasteiger partial charge >= 0.3 is 5.97 Å². The van der Waals surface area contributed by atoms with Crippen LogP contribution in [0.1, 0.15) is 33.1 Å². The number of hydrogen-bond acceptors (Lipinski definition) is 11. The number of benzene rings is 1. The van der Waals surface area contributed by atoms with Crippen LogP contribution in [0.2, 0.25) is 0 Å². The van der Waals surface area contributed by atoms with Gasteiger partial charge in [-0.15, -0.1) is 0 Å². The number of nitriles is 2. The number of rotatable bonds is 3. The first-order chi connectivity index (χ1) is 14.3. The maximum absolute atomic E-state index is 12.3. The lowest BCUT2D eigenvalue weighted by Gasteiger charge is -2.27. The Kier molecular flexibility index (Phi) is 5.29. The fourth-order valence-corrected chi connectivity index (χ4v) is 3.21. The molecule has 3 rings (SSSR count). The fourth-order valence-electron chi connectivity index (χ4n) is 3.21. The molecule has 2 aromatic rings. The van der Waals surface area contributed by atoms with Gasteiger partial charge in [-0.05, 0) is 17.7 Å². The highest BCUT2D eigenvalue weighted by atomic mass is 16.5. The van der Waals surface area contributed by atoms with E-state index >= 15 is 0 Å². The third-order valence-corrected chi connectivity index (χ3v) is 4.58. The second-order valence-corrected chi connectivity index (χ2v) is 6.56. The molecule has 1 aliphatic rings. The van der Waals surface area contributed by atoms with Crippen LogP contribution in [0.15, 0.2) is 23.2 Å². The van der Waals surface area contributed by atoms with E-state index in [9.17, 15) is 10.1 Å². The van der Waals surface area contributed by atoms with Crippen LogP contribution in [0.5, 0.6) is 0 Å². The number of nitrogens with two attached hydrogens (primary N) is 2. The lowest BCUT2D eigenvalue weighted by Crippen LogP contribution is -2.32. The zero-order chi connectivity index (χ0) is 22.0. The molecular formula is C19H19N9O2. The summed E-state index contributed by atoms with van der Waals surface area (Å²) >= 11 is 0. The number of nitrogens with one attached hydrogen (secondary N) is 2. The van der Waals surface area contributed by atoms with Gasteiger partial charge in [-0.25, -0.2) is 14.8 Å². The van der Waals surface area contributed by atoms with Crippen LogP contribution in [0.25, 0.3) is 0 Å². The Bertz CT molecular complexity index is 1140. The van der Waals surface area contributed by atoms with Crippen LogP contribution >= 0.6 is 0 Å². The van der Waals surface area contributed by atoms with Gasteiger partial charge in [0, 0.05) is 19.7 Å². The third-order valence-electron chi connectivity index (χ3n) is 4.58. The predicted molar refractivity (Wildman–Crippen MR) is 112 cm³/mol. The summed E-state index contributed by atoms with van der Waals surface area (Å²) in [7, 11) is 4.90. The lowest BCUT2D eigenvalue weighted by molar-refractivity contribution is 0.0601. The number of pyridine rings is 1. The number of nitrogens with zero attached hydrogens (tertiary/aromatic N) is 5. The highest BCUT2D eigenvalue weighted by molar-refractivity contribution is 5.99. The highest BCUT2D eigenvalue weighted by Crippen LogP contribution is 2.41. The van der Waals surface area contributed by atoms with E-state index in [4.69, 9.17) is 21.5 Å². The number of esters is 1. The average molecular weight is 405 g/mol. The minimum atomic E-state index is -0.753. The average Bonchev–Trinajstić information content (AvgIpc) is 2.72. The van der Waals surface area contributed by atoms with Gasteiger partial charge in [-0.2, -0.15) is 10.5 Å². The van der Waals surface area contributed by atoms with Gasteiger partial charge in [0.25, 0.3) is 0 Å². The maximum atomic E-state index is 12.3. The second kappa shape index (κ2) is 7.85. The van der Waals surface area contributed by atoms with Gasteiger partial charge in [0.1, 0.15) is 29.3 Å². The summed E-state index contributed by atoms with van der Waals surface area (Å²) in [5.41, 5.74) is 14.2. The number of carbonyl (C=O) groups excluding carboxylic acids is 1. The quantitative estimate of drug-likeness (QED) is 0.326. The number of hydrogen-bond donors (Lipinski definition) is 4. The van der Waals surface area contributed by atoms with Gasteiger partial charge in [0.05, 0.1) is 24.0 Å². The summed E-state index contributed by atoms with van der Waals surface area (Å²) in [5, 5.41) is 23.7. The molecule has 1 aromatic heterocycles. The van der Waals surface area contributed by atoms with Gasteiger partial charge < -0.3 is 26.4 Å². The first kappa shape index (κ1) is 20.2. The number of aromatic nitrogens is 1. The van der Waals surface area contributed by atoms with Crippen molar-refractivity contribution in [2.75, 3.05) is 42.9 Å². The number of carbonyl (C=O) groups is 1. The molecule has 0 spiro atoms. The van der Waals surface area contributed by atoms with E-state index in [2.05, 4.69) is 20.6 Å². The molecule has 152 valence electrons. The molecule has 30 heavy (non-hydrogen) atoms. The molecule has 0 radical (unpaired) electrons. The monoisotopic (exact) mass is 405 g/mol. The molecule has 2 heterocycles. The molecule has 11 nitrogen and oxygen atoms in total. The fraction of sp³-hybridized carbons (Fsp3) is 0.211. The molecule has 0 bridgehead atoms. The highest BCUT2D eigenvalue weighted by Gasteiger charge is 2.30. The standard InChI is InChI=1S/C19H19N9O2/c1-28(2)12-5-4-9(6-10(12)18(29)30-3)15-13-14(22)11(7-20)16(23)26-17(13)27-19(25-15)24-8-21/h4-6,15H,1-3H3,(H6,22,23,24,25,26,27). The number of methoxy groups -OCH3 is 1. The minimum Gasteiger partial charge on any atom is -0.465 e. The molecule has 6 N–H and O–H groups in total. The van der Waals surface area contributed by atoms with Gasteiger partial charge in [0.2, 0.25) is 5.96 Å². The molecule has 0 fully saturated rings. The lowest BCUT2D eigenvalue weighted by atomic mass is 9.93. The Morgan fingerprint density at radius 3 is 2.67 bits per heavy atom. The number of guanidine groups is 1. The molecule has 1 aromatic carbocycles. The number of ether oxygens (including phenoxy) is 1. The van der Waals surface area contributed by atoms with Crippen molar-refractivity contribution in [2.24, 2.45) is 4.99 Å². The van der Waals surface area contributed by atoms with Crippen LogP contribution in [0.3, 0.4) is 0 Å².